The first-order valence-corrected chi connectivity index (χ1v) is 7.24. The van der Waals surface area contributed by atoms with Crippen molar-refractivity contribution in [3.8, 4) is 0 Å². The van der Waals surface area contributed by atoms with E-state index in [1.807, 2.05) is 31.3 Å². The van der Waals surface area contributed by atoms with Gasteiger partial charge in [-0.25, -0.2) is 9.97 Å². The van der Waals surface area contributed by atoms with E-state index < -0.39 is 0 Å². The van der Waals surface area contributed by atoms with Crippen LogP contribution in [-0.4, -0.2) is 36.6 Å². The number of hydrogen-bond acceptors (Lipinski definition) is 4. The smallest absolute Gasteiger partial charge is 0.150 e. The summed E-state index contributed by atoms with van der Waals surface area (Å²) in [6, 6.07) is 8.09. The largest absolute Gasteiger partial charge is 0.354 e. The predicted octanol–water partition coefficient (Wildman–Crippen LogP) is 2.37. The highest BCUT2D eigenvalue weighted by Crippen LogP contribution is 2.33. The van der Waals surface area contributed by atoms with Gasteiger partial charge in [-0.1, -0.05) is 19.1 Å². The third kappa shape index (κ3) is 2.36. The SMILES string of the molecule is CNCC1(C)CCN(c2nc3ccccc3nc2C)C1. The van der Waals surface area contributed by atoms with E-state index in [1.165, 1.54) is 6.42 Å². The average Bonchev–Trinajstić information content (AvgIpc) is 2.80. The lowest BCUT2D eigenvalue weighted by molar-refractivity contribution is 0.355. The van der Waals surface area contributed by atoms with Crippen LogP contribution in [0.1, 0.15) is 19.0 Å². The number of anilines is 1. The molecule has 1 unspecified atom stereocenters. The summed E-state index contributed by atoms with van der Waals surface area (Å²) >= 11 is 0. The van der Waals surface area contributed by atoms with Gasteiger partial charge in [-0.15, -0.1) is 0 Å². The summed E-state index contributed by atoms with van der Waals surface area (Å²) in [4.78, 5) is 11.9. The number of nitrogens with zero attached hydrogens (tertiary/aromatic N) is 3. The number of hydrogen-bond donors (Lipinski definition) is 1. The van der Waals surface area contributed by atoms with Crippen LogP contribution in [0.15, 0.2) is 24.3 Å². The van der Waals surface area contributed by atoms with E-state index >= 15 is 0 Å². The Labute approximate surface area is 120 Å². The van der Waals surface area contributed by atoms with Crippen LogP contribution in [0.25, 0.3) is 11.0 Å². The van der Waals surface area contributed by atoms with Crippen LogP contribution in [0.2, 0.25) is 0 Å². The van der Waals surface area contributed by atoms with Gasteiger partial charge in [0, 0.05) is 19.6 Å². The first-order chi connectivity index (χ1) is 9.61. The van der Waals surface area contributed by atoms with Gasteiger partial charge in [-0.05, 0) is 37.9 Å². The molecule has 1 atom stereocenters. The molecule has 0 saturated carbocycles. The van der Waals surface area contributed by atoms with Crippen molar-refractivity contribution >= 4 is 16.9 Å². The van der Waals surface area contributed by atoms with Gasteiger partial charge in [0.25, 0.3) is 0 Å². The third-order valence-corrected chi connectivity index (χ3v) is 4.18. The molecule has 0 bridgehead atoms. The number of aromatic nitrogens is 2. The Hall–Kier alpha value is -1.68. The maximum absolute atomic E-state index is 4.83. The van der Waals surface area contributed by atoms with E-state index in [2.05, 4.69) is 24.1 Å². The monoisotopic (exact) mass is 270 g/mol. The van der Waals surface area contributed by atoms with Crippen molar-refractivity contribution < 1.29 is 0 Å². The summed E-state index contributed by atoms with van der Waals surface area (Å²) in [7, 11) is 2.02. The van der Waals surface area contributed by atoms with Crippen LogP contribution >= 0.6 is 0 Å². The summed E-state index contributed by atoms with van der Waals surface area (Å²) in [6.45, 7) is 7.55. The number of aryl methyl sites for hydroxylation is 1. The normalized spacial score (nSPS) is 22.6. The van der Waals surface area contributed by atoms with E-state index in [1.54, 1.807) is 0 Å². The highest BCUT2D eigenvalue weighted by atomic mass is 15.2. The van der Waals surface area contributed by atoms with Crippen molar-refractivity contribution in [2.45, 2.75) is 20.3 Å². The molecule has 3 rings (SSSR count). The molecule has 2 heterocycles. The lowest BCUT2D eigenvalue weighted by Crippen LogP contribution is -2.33. The summed E-state index contributed by atoms with van der Waals surface area (Å²) in [6.07, 6.45) is 1.20. The van der Waals surface area contributed by atoms with E-state index in [-0.39, 0.29) is 0 Å². The van der Waals surface area contributed by atoms with Crippen LogP contribution < -0.4 is 10.2 Å². The topological polar surface area (TPSA) is 41.0 Å². The summed E-state index contributed by atoms with van der Waals surface area (Å²) < 4.78 is 0. The van der Waals surface area contributed by atoms with E-state index in [0.717, 1.165) is 42.2 Å². The van der Waals surface area contributed by atoms with E-state index in [4.69, 9.17) is 9.97 Å². The Morgan fingerprint density at radius 3 is 2.65 bits per heavy atom. The van der Waals surface area contributed by atoms with E-state index in [9.17, 15) is 0 Å². The molecule has 1 aliphatic rings. The van der Waals surface area contributed by atoms with Crippen molar-refractivity contribution in [2.75, 3.05) is 31.6 Å². The molecule has 0 amide bonds. The number of para-hydroxylation sites is 2. The lowest BCUT2D eigenvalue weighted by Gasteiger charge is -2.25. The van der Waals surface area contributed by atoms with Gasteiger partial charge in [0.1, 0.15) is 0 Å². The quantitative estimate of drug-likeness (QED) is 0.929. The third-order valence-electron chi connectivity index (χ3n) is 4.18. The first kappa shape index (κ1) is 13.3. The summed E-state index contributed by atoms with van der Waals surface area (Å²) in [5.74, 6) is 1.04. The second-order valence-electron chi connectivity index (χ2n) is 6.13. The lowest BCUT2D eigenvalue weighted by atomic mass is 9.90. The molecule has 20 heavy (non-hydrogen) atoms. The van der Waals surface area contributed by atoms with Crippen LogP contribution in [0.5, 0.6) is 0 Å². The molecule has 106 valence electrons. The zero-order valence-corrected chi connectivity index (χ0v) is 12.5. The molecule has 1 N–H and O–H groups in total. The molecule has 4 heteroatoms. The number of fused-ring (bicyclic) bond motifs is 1. The molecule has 1 saturated heterocycles. The molecule has 1 aliphatic heterocycles. The van der Waals surface area contributed by atoms with Gasteiger partial charge >= 0.3 is 0 Å². The van der Waals surface area contributed by atoms with Crippen LogP contribution in [0.4, 0.5) is 5.82 Å². The molecule has 2 aromatic rings. The number of benzene rings is 1. The maximum atomic E-state index is 4.83. The fraction of sp³-hybridized carbons (Fsp3) is 0.500. The fourth-order valence-electron chi connectivity index (χ4n) is 3.15. The molecule has 1 fully saturated rings. The Bertz CT molecular complexity index is 625. The van der Waals surface area contributed by atoms with Gasteiger partial charge in [0.15, 0.2) is 5.82 Å². The number of nitrogens with one attached hydrogen (secondary N) is 1. The molecule has 0 aliphatic carbocycles. The zero-order chi connectivity index (χ0) is 14.2. The van der Waals surface area contributed by atoms with Crippen molar-refractivity contribution in [3.05, 3.63) is 30.0 Å². The standard InChI is InChI=1S/C16H22N4/c1-12-15(19-14-7-5-4-6-13(14)18-12)20-9-8-16(2,11-20)10-17-3/h4-7,17H,8-11H2,1-3H3. The molecule has 1 aromatic carbocycles. The zero-order valence-electron chi connectivity index (χ0n) is 12.5. The van der Waals surface area contributed by atoms with Gasteiger partial charge in [-0.3, -0.25) is 0 Å². The van der Waals surface area contributed by atoms with Gasteiger partial charge < -0.3 is 10.2 Å². The maximum Gasteiger partial charge on any atom is 0.150 e. The van der Waals surface area contributed by atoms with Crippen LogP contribution in [0, 0.1) is 12.3 Å². The highest BCUT2D eigenvalue weighted by Gasteiger charge is 2.34. The van der Waals surface area contributed by atoms with Crippen molar-refractivity contribution in [1.82, 2.24) is 15.3 Å². The second-order valence-corrected chi connectivity index (χ2v) is 6.13. The second kappa shape index (κ2) is 5.02. The fourth-order valence-corrected chi connectivity index (χ4v) is 3.15. The molecule has 0 radical (unpaired) electrons. The Kier molecular flexibility index (Phi) is 3.34. The van der Waals surface area contributed by atoms with Gasteiger partial charge in [0.05, 0.1) is 16.7 Å². The highest BCUT2D eigenvalue weighted by molar-refractivity contribution is 5.76. The minimum Gasteiger partial charge on any atom is -0.354 e. The molecular formula is C16H22N4. The Morgan fingerprint density at radius 2 is 1.95 bits per heavy atom. The summed E-state index contributed by atoms with van der Waals surface area (Å²) in [5.41, 5.74) is 3.31. The average molecular weight is 270 g/mol. The van der Waals surface area contributed by atoms with Crippen molar-refractivity contribution in [1.29, 1.82) is 0 Å². The predicted molar refractivity (Wildman–Crippen MR) is 83.1 cm³/mol. The summed E-state index contributed by atoms with van der Waals surface area (Å²) in [5, 5.41) is 3.30. The van der Waals surface area contributed by atoms with Crippen molar-refractivity contribution in [2.24, 2.45) is 5.41 Å². The van der Waals surface area contributed by atoms with E-state index in [0.29, 0.717) is 5.41 Å². The minimum absolute atomic E-state index is 0.328. The van der Waals surface area contributed by atoms with Crippen molar-refractivity contribution in [3.63, 3.8) is 0 Å². The number of rotatable bonds is 3. The van der Waals surface area contributed by atoms with Gasteiger partial charge in [-0.2, -0.15) is 0 Å². The molecule has 0 spiro atoms. The Balaban J connectivity index is 1.93. The molecule has 1 aromatic heterocycles. The Morgan fingerprint density at radius 1 is 1.25 bits per heavy atom. The molecular weight excluding hydrogens is 248 g/mol. The minimum atomic E-state index is 0.328. The first-order valence-electron chi connectivity index (χ1n) is 7.24. The van der Waals surface area contributed by atoms with Crippen LogP contribution in [0.3, 0.4) is 0 Å². The van der Waals surface area contributed by atoms with Crippen LogP contribution in [-0.2, 0) is 0 Å². The van der Waals surface area contributed by atoms with Gasteiger partial charge in [0.2, 0.25) is 0 Å². The molecule has 4 nitrogen and oxygen atoms in total.